The van der Waals surface area contributed by atoms with E-state index in [1.807, 2.05) is 24.3 Å². The fourth-order valence-electron chi connectivity index (χ4n) is 4.46. The van der Waals surface area contributed by atoms with Gasteiger partial charge in [-0.05, 0) is 47.5 Å². The molecule has 0 fully saturated rings. The summed E-state index contributed by atoms with van der Waals surface area (Å²) in [4.78, 5) is 49.6. The number of carbonyl (C=O) groups is 3. The third-order valence-electron chi connectivity index (χ3n) is 6.17. The highest BCUT2D eigenvalue weighted by Gasteiger charge is 2.42. The summed E-state index contributed by atoms with van der Waals surface area (Å²) in [6.07, 6.45) is -1.85. The van der Waals surface area contributed by atoms with Gasteiger partial charge in [-0.3, -0.25) is 19.7 Å². The van der Waals surface area contributed by atoms with Gasteiger partial charge in [0.25, 0.3) is 5.69 Å². The van der Waals surface area contributed by atoms with Crippen LogP contribution in [0.5, 0.6) is 0 Å². The van der Waals surface area contributed by atoms with Crippen LogP contribution >= 0.6 is 0 Å². The van der Waals surface area contributed by atoms with Crippen LogP contribution in [0.3, 0.4) is 0 Å². The minimum atomic E-state index is -1.04. The summed E-state index contributed by atoms with van der Waals surface area (Å²) in [5.74, 6) is -1.21. The van der Waals surface area contributed by atoms with Crippen LogP contribution in [0.4, 0.5) is 5.69 Å². The predicted molar refractivity (Wildman–Crippen MR) is 121 cm³/mol. The summed E-state index contributed by atoms with van der Waals surface area (Å²) in [6, 6.07) is 16.6. The van der Waals surface area contributed by atoms with E-state index in [0.29, 0.717) is 16.7 Å². The number of esters is 1. The van der Waals surface area contributed by atoms with E-state index in [1.54, 1.807) is 19.1 Å². The molecule has 3 aromatic rings. The van der Waals surface area contributed by atoms with Crippen molar-refractivity contribution in [2.75, 3.05) is 0 Å². The molecule has 8 heteroatoms. The van der Waals surface area contributed by atoms with Crippen LogP contribution in [0.25, 0.3) is 10.8 Å². The molecule has 0 bridgehead atoms. The first-order chi connectivity index (χ1) is 16.3. The number of non-ortho nitro benzene ring substituents is 1. The van der Waals surface area contributed by atoms with Crippen LogP contribution in [0, 0.1) is 10.1 Å². The van der Waals surface area contributed by atoms with Gasteiger partial charge in [0.15, 0.2) is 17.7 Å². The van der Waals surface area contributed by atoms with Gasteiger partial charge in [0, 0.05) is 40.8 Å². The first kappa shape index (κ1) is 21.7. The summed E-state index contributed by atoms with van der Waals surface area (Å²) < 4.78 is 11.1. The number of benzene rings is 3. The van der Waals surface area contributed by atoms with E-state index < -0.39 is 23.1 Å². The molecule has 2 atom stereocenters. The lowest BCUT2D eigenvalue weighted by Crippen LogP contribution is -2.41. The van der Waals surface area contributed by atoms with Crippen molar-refractivity contribution in [2.45, 2.75) is 32.2 Å². The number of rotatable bonds is 4. The van der Waals surface area contributed by atoms with Crippen LogP contribution in [0.2, 0.25) is 0 Å². The number of Topliss-reactive ketones (excluding diaryl/α,β-unsaturated/α-hetero) is 2. The molecule has 1 aliphatic carbocycles. The minimum absolute atomic E-state index is 0.0599. The Morgan fingerprint density at radius 2 is 1.65 bits per heavy atom. The molecule has 0 saturated carbocycles. The molecular formula is C26H19NO7. The normalized spacial score (nSPS) is 19.6. The summed E-state index contributed by atoms with van der Waals surface area (Å²) in [6.45, 7) is 1.54. The Hall–Kier alpha value is -4.17. The minimum Gasteiger partial charge on any atom is -0.459 e. The first-order valence-electron chi connectivity index (χ1n) is 10.7. The van der Waals surface area contributed by atoms with Gasteiger partial charge in [-0.2, -0.15) is 0 Å². The van der Waals surface area contributed by atoms with Crippen molar-refractivity contribution in [2.24, 2.45) is 0 Å². The lowest BCUT2D eigenvalue weighted by atomic mass is 9.78. The maximum atomic E-state index is 13.3. The third-order valence-corrected chi connectivity index (χ3v) is 6.17. The number of nitro groups is 1. The number of ether oxygens (including phenoxy) is 2. The summed E-state index contributed by atoms with van der Waals surface area (Å²) in [5, 5.41) is 12.5. The molecule has 170 valence electrons. The van der Waals surface area contributed by atoms with E-state index >= 15 is 0 Å². The number of hydrogen-bond acceptors (Lipinski definition) is 7. The van der Waals surface area contributed by atoms with Crippen molar-refractivity contribution in [1.82, 2.24) is 0 Å². The second kappa shape index (κ2) is 8.31. The SMILES string of the molecule is C[C@H]1O[C@H](C(=O)OCc2ccc([N+](=O)[O-])cc2)CC2=C1C(=O)c1cc3ccccc3cc1C2=O. The number of nitro benzene ring substituents is 1. The quantitative estimate of drug-likeness (QED) is 0.325. The van der Waals surface area contributed by atoms with Crippen molar-refractivity contribution >= 4 is 34.0 Å². The smallest absolute Gasteiger partial charge is 0.335 e. The number of hydrogen-bond donors (Lipinski definition) is 0. The summed E-state index contributed by atoms with van der Waals surface area (Å²) in [7, 11) is 0. The molecule has 5 rings (SSSR count). The van der Waals surface area contributed by atoms with Crippen molar-refractivity contribution in [1.29, 1.82) is 0 Å². The number of ketones is 2. The molecule has 34 heavy (non-hydrogen) atoms. The molecule has 0 saturated heterocycles. The van der Waals surface area contributed by atoms with E-state index in [0.717, 1.165) is 10.8 Å². The zero-order valence-corrected chi connectivity index (χ0v) is 18.1. The Morgan fingerprint density at radius 1 is 1.03 bits per heavy atom. The predicted octanol–water partition coefficient (Wildman–Crippen LogP) is 4.34. The lowest BCUT2D eigenvalue weighted by Gasteiger charge is -2.33. The van der Waals surface area contributed by atoms with Crippen LogP contribution < -0.4 is 0 Å². The fourth-order valence-corrected chi connectivity index (χ4v) is 4.46. The number of nitrogens with zero attached hydrogens (tertiary/aromatic N) is 1. The Morgan fingerprint density at radius 3 is 2.26 bits per heavy atom. The average Bonchev–Trinajstić information content (AvgIpc) is 2.84. The van der Waals surface area contributed by atoms with Crippen LogP contribution in [0.15, 0.2) is 71.8 Å². The van der Waals surface area contributed by atoms with Crippen molar-refractivity contribution in [3.05, 3.63) is 98.6 Å². The van der Waals surface area contributed by atoms with Gasteiger partial charge in [0.05, 0.1) is 11.0 Å². The molecule has 8 nitrogen and oxygen atoms in total. The third kappa shape index (κ3) is 3.68. The molecule has 0 unspecified atom stereocenters. The van der Waals surface area contributed by atoms with E-state index in [1.165, 1.54) is 24.3 Å². The van der Waals surface area contributed by atoms with Gasteiger partial charge in [-0.25, -0.2) is 4.79 Å². The van der Waals surface area contributed by atoms with Crippen LogP contribution in [0.1, 0.15) is 39.6 Å². The Bertz CT molecular complexity index is 1400. The second-order valence-electron chi connectivity index (χ2n) is 8.30. The molecule has 3 aromatic carbocycles. The van der Waals surface area contributed by atoms with Gasteiger partial charge in [-0.1, -0.05) is 24.3 Å². The first-order valence-corrected chi connectivity index (χ1v) is 10.7. The molecule has 0 amide bonds. The van der Waals surface area contributed by atoms with Gasteiger partial charge in [-0.15, -0.1) is 0 Å². The molecule has 2 aliphatic rings. The monoisotopic (exact) mass is 457 g/mol. The number of carbonyl (C=O) groups excluding carboxylic acids is 3. The zero-order chi connectivity index (χ0) is 24.0. The van der Waals surface area contributed by atoms with Crippen molar-refractivity contribution < 1.29 is 28.8 Å². The zero-order valence-electron chi connectivity index (χ0n) is 18.1. The van der Waals surface area contributed by atoms with Crippen molar-refractivity contribution in [3.8, 4) is 0 Å². The molecule has 1 aliphatic heterocycles. The van der Waals surface area contributed by atoms with Gasteiger partial charge in [0.2, 0.25) is 0 Å². The molecular weight excluding hydrogens is 438 g/mol. The average molecular weight is 457 g/mol. The van der Waals surface area contributed by atoms with Gasteiger partial charge in [0.1, 0.15) is 6.61 Å². The highest BCUT2D eigenvalue weighted by molar-refractivity contribution is 6.28. The van der Waals surface area contributed by atoms with Gasteiger partial charge >= 0.3 is 5.97 Å². The lowest BCUT2D eigenvalue weighted by molar-refractivity contribution is -0.384. The summed E-state index contributed by atoms with van der Waals surface area (Å²) >= 11 is 0. The molecule has 0 spiro atoms. The topological polar surface area (TPSA) is 113 Å². The molecule has 0 aromatic heterocycles. The highest BCUT2D eigenvalue weighted by atomic mass is 16.6. The standard InChI is InChI=1S/C26H19NO7/c1-14-23-21(24(28)19-10-16-4-2-3-5-17(16)11-20(19)25(23)29)12-22(34-14)26(30)33-13-15-6-8-18(9-7-15)27(31)32/h2-11,14,22H,12-13H2,1H3/t14-,22+/m1/s1. The Labute approximate surface area is 193 Å². The molecule has 0 radical (unpaired) electrons. The van der Waals surface area contributed by atoms with E-state index in [-0.39, 0.29) is 41.4 Å². The van der Waals surface area contributed by atoms with E-state index in [2.05, 4.69) is 0 Å². The maximum Gasteiger partial charge on any atom is 0.335 e. The Balaban J connectivity index is 1.36. The van der Waals surface area contributed by atoms with E-state index in [9.17, 15) is 24.5 Å². The number of fused-ring (bicyclic) bond motifs is 2. The fraction of sp³-hybridized carbons (Fsp3) is 0.192. The van der Waals surface area contributed by atoms with Crippen LogP contribution in [-0.4, -0.2) is 34.7 Å². The largest absolute Gasteiger partial charge is 0.459 e. The van der Waals surface area contributed by atoms with Crippen LogP contribution in [-0.2, 0) is 20.9 Å². The second-order valence-corrected chi connectivity index (χ2v) is 8.30. The summed E-state index contributed by atoms with van der Waals surface area (Å²) in [5.41, 5.74) is 1.75. The highest BCUT2D eigenvalue weighted by Crippen LogP contribution is 2.37. The van der Waals surface area contributed by atoms with E-state index in [4.69, 9.17) is 9.47 Å². The maximum absolute atomic E-state index is 13.3. The molecule has 1 heterocycles. The molecule has 0 N–H and O–H groups in total. The van der Waals surface area contributed by atoms with Crippen molar-refractivity contribution in [3.63, 3.8) is 0 Å². The Kier molecular flexibility index (Phi) is 5.30. The van der Waals surface area contributed by atoms with Gasteiger partial charge < -0.3 is 9.47 Å².